The summed E-state index contributed by atoms with van der Waals surface area (Å²) in [4.78, 5) is 24.3. The summed E-state index contributed by atoms with van der Waals surface area (Å²) in [5.41, 5.74) is 0.804. The van der Waals surface area contributed by atoms with Crippen molar-refractivity contribution in [2.24, 2.45) is 5.41 Å². The molecule has 1 spiro atoms. The Morgan fingerprint density at radius 2 is 1.90 bits per heavy atom. The number of imide groups is 1. The third kappa shape index (κ3) is 2.42. The van der Waals surface area contributed by atoms with E-state index >= 15 is 0 Å². The quantitative estimate of drug-likeness (QED) is 0.789. The number of nitrogens with one attached hydrogen (secondary N) is 1. The summed E-state index contributed by atoms with van der Waals surface area (Å²) in [6.07, 6.45) is 2.33. The van der Waals surface area contributed by atoms with E-state index in [1.807, 2.05) is 36.0 Å². The molecule has 1 unspecified atom stereocenters. The molecule has 1 aromatic rings. The molecule has 0 saturated carbocycles. The van der Waals surface area contributed by atoms with Gasteiger partial charge >= 0.3 is 0 Å². The fourth-order valence-corrected chi connectivity index (χ4v) is 5.20. The molecule has 5 heteroatoms. The number of carbonyl (C=O) groups is 2. The van der Waals surface area contributed by atoms with Crippen molar-refractivity contribution in [3.05, 3.63) is 34.3 Å². The van der Waals surface area contributed by atoms with Crippen molar-refractivity contribution in [3.63, 3.8) is 0 Å². The largest absolute Gasteiger partial charge is 0.296 e. The zero-order valence-corrected chi connectivity index (χ0v) is 13.4. The molecule has 2 aliphatic rings. The van der Waals surface area contributed by atoms with Gasteiger partial charge in [-0.05, 0) is 41.4 Å². The first-order valence-corrected chi connectivity index (χ1v) is 8.73. The zero-order chi connectivity index (χ0) is 14.2. The van der Waals surface area contributed by atoms with Crippen LogP contribution in [0.1, 0.15) is 30.7 Å². The van der Waals surface area contributed by atoms with Crippen molar-refractivity contribution in [1.82, 2.24) is 5.32 Å². The highest BCUT2D eigenvalue weighted by Gasteiger charge is 2.50. The first-order chi connectivity index (χ1) is 9.62. The minimum absolute atomic E-state index is 0.120. The van der Waals surface area contributed by atoms with Crippen LogP contribution in [0.25, 0.3) is 0 Å². The first-order valence-electron chi connectivity index (χ1n) is 6.78. The monoisotopic (exact) mass is 353 g/mol. The summed E-state index contributed by atoms with van der Waals surface area (Å²) < 4.78 is 0.951. The molecule has 2 saturated heterocycles. The number of hydrogen-bond acceptors (Lipinski definition) is 3. The summed E-state index contributed by atoms with van der Waals surface area (Å²) in [6, 6.07) is 7.86. The molecule has 3 nitrogen and oxygen atoms in total. The Labute approximate surface area is 131 Å². The maximum Gasteiger partial charge on any atom is 0.234 e. The van der Waals surface area contributed by atoms with Gasteiger partial charge in [-0.3, -0.25) is 14.9 Å². The van der Waals surface area contributed by atoms with Crippen LogP contribution in [0.5, 0.6) is 0 Å². The Morgan fingerprint density at radius 1 is 1.20 bits per heavy atom. The lowest BCUT2D eigenvalue weighted by Crippen LogP contribution is -2.52. The van der Waals surface area contributed by atoms with Crippen molar-refractivity contribution in [2.45, 2.75) is 25.2 Å². The Bertz CT molecular complexity index is 555. The predicted molar refractivity (Wildman–Crippen MR) is 83.6 cm³/mol. The average Bonchev–Trinajstić information content (AvgIpc) is 2.41. The zero-order valence-electron chi connectivity index (χ0n) is 11.0. The smallest absolute Gasteiger partial charge is 0.234 e. The van der Waals surface area contributed by atoms with E-state index in [2.05, 4.69) is 21.2 Å². The van der Waals surface area contributed by atoms with Gasteiger partial charge in [-0.25, -0.2) is 0 Å². The highest BCUT2D eigenvalue weighted by molar-refractivity contribution is 9.10. The van der Waals surface area contributed by atoms with Crippen molar-refractivity contribution < 1.29 is 9.59 Å². The molecule has 1 N–H and O–H groups in total. The van der Waals surface area contributed by atoms with Crippen LogP contribution in [0, 0.1) is 5.41 Å². The summed E-state index contributed by atoms with van der Waals surface area (Å²) in [5.74, 6) is 1.57. The van der Waals surface area contributed by atoms with Gasteiger partial charge in [0.2, 0.25) is 11.8 Å². The maximum absolute atomic E-state index is 12.5. The molecule has 106 valence electrons. The predicted octanol–water partition coefficient (Wildman–Crippen LogP) is 3.09. The van der Waals surface area contributed by atoms with Gasteiger partial charge in [-0.1, -0.05) is 34.1 Å². The standard InChI is InChI=1S/C15H16BrNO2S/c16-11-4-2-1-3-10(11)13-14(19)17-12(18)9-15(13)5-7-20-8-6-15/h1-4,13H,5-9H2,(H,17,18,19). The SMILES string of the molecule is O=C1CC2(CCSCC2)C(c2ccccc2Br)C(=O)N1. The van der Waals surface area contributed by atoms with E-state index in [4.69, 9.17) is 0 Å². The van der Waals surface area contributed by atoms with E-state index in [0.717, 1.165) is 34.4 Å². The lowest BCUT2D eigenvalue weighted by atomic mass is 9.64. The molecule has 0 aliphatic carbocycles. The van der Waals surface area contributed by atoms with E-state index < -0.39 is 0 Å². The fraction of sp³-hybridized carbons (Fsp3) is 0.467. The fourth-order valence-electron chi connectivity index (χ4n) is 3.38. The Morgan fingerprint density at radius 3 is 2.60 bits per heavy atom. The van der Waals surface area contributed by atoms with E-state index in [9.17, 15) is 9.59 Å². The highest BCUT2D eigenvalue weighted by Crippen LogP contribution is 2.51. The van der Waals surface area contributed by atoms with Crippen LogP contribution in [0.3, 0.4) is 0 Å². The van der Waals surface area contributed by atoms with Crippen molar-refractivity contribution >= 4 is 39.5 Å². The molecule has 0 aromatic heterocycles. The lowest BCUT2D eigenvalue weighted by molar-refractivity contribution is -0.140. The normalized spacial score (nSPS) is 25.6. The molecular weight excluding hydrogens is 338 g/mol. The van der Waals surface area contributed by atoms with E-state index in [-0.39, 0.29) is 23.1 Å². The second kappa shape index (κ2) is 5.53. The van der Waals surface area contributed by atoms with Gasteiger partial charge in [0.1, 0.15) is 0 Å². The summed E-state index contributed by atoms with van der Waals surface area (Å²) in [5, 5.41) is 2.52. The van der Waals surface area contributed by atoms with Crippen LogP contribution in [0.4, 0.5) is 0 Å². The van der Waals surface area contributed by atoms with Gasteiger partial charge in [0.15, 0.2) is 0 Å². The van der Waals surface area contributed by atoms with Gasteiger partial charge in [0.05, 0.1) is 5.92 Å². The number of piperidine rings is 1. The molecular formula is C15H16BrNO2S. The molecule has 1 aromatic carbocycles. The number of amides is 2. The van der Waals surface area contributed by atoms with Gasteiger partial charge < -0.3 is 0 Å². The minimum atomic E-state index is -0.225. The van der Waals surface area contributed by atoms with Crippen molar-refractivity contribution in [1.29, 1.82) is 0 Å². The Kier molecular flexibility index (Phi) is 3.91. The third-order valence-electron chi connectivity index (χ3n) is 4.35. The molecule has 2 aliphatic heterocycles. The second-order valence-electron chi connectivity index (χ2n) is 5.52. The van der Waals surface area contributed by atoms with E-state index in [1.54, 1.807) is 0 Å². The second-order valence-corrected chi connectivity index (χ2v) is 7.60. The molecule has 0 radical (unpaired) electrons. The number of halogens is 1. The topological polar surface area (TPSA) is 46.2 Å². The van der Waals surface area contributed by atoms with Gasteiger partial charge in [-0.15, -0.1) is 0 Å². The molecule has 1 atom stereocenters. The molecule has 0 bridgehead atoms. The lowest BCUT2D eigenvalue weighted by Gasteiger charge is -2.45. The van der Waals surface area contributed by atoms with Gasteiger partial charge in [0, 0.05) is 10.9 Å². The highest BCUT2D eigenvalue weighted by atomic mass is 79.9. The van der Waals surface area contributed by atoms with E-state index in [1.165, 1.54) is 0 Å². The van der Waals surface area contributed by atoms with Crippen molar-refractivity contribution in [3.8, 4) is 0 Å². The Hall–Kier alpha value is -0.810. The molecule has 2 amide bonds. The number of rotatable bonds is 1. The molecule has 2 fully saturated rings. The number of thioether (sulfide) groups is 1. The minimum Gasteiger partial charge on any atom is -0.296 e. The van der Waals surface area contributed by atoms with Gasteiger partial charge in [0.25, 0.3) is 0 Å². The number of benzene rings is 1. The first kappa shape index (κ1) is 14.1. The van der Waals surface area contributed by atoms with Crippen molar-refractivity contribution in [2.75, 3.05) is 11.5 Å². The average molecular weight is 354 g/mol. The summed E-state index contributed by atoms with van der Waals surface area (Å²) in [6.45, 7) is 0. The van der Waals surface area contributed by atoms with Gasteiger partial charge in [-0.2, -0.15) is 11.8 Å². The Balaban J connectivity index is 2.06. The summed E-state index contributed by atoms with van der Waals surface area (Å²) >= 11 is 5.47. The number of carbonyl (C=O) groups excluding carboxylic acids is 2. The molecule has 2 heterocycles. The van der Waals surface area contributed by atoms with Crippen LogP contribution in [-0.4, -0.2) is 23.3 Å². The van der Waals surface area contributed by atoms with Crippen LogP contribution in [0.2, 0.25) is 0 Å². The maximum atomic E-state index is 12.5. The summed E-state index contributed by atoms with van der Waals surface area (Å²) in [7, 11) is 0. The van der Waals surface area contributed by atoms with Crippen LogP contribution in [-0.2, 0) is 9.59 Å². The molecule has 3 rings (SSSR count). The van der Waals surface area contributed by atoms with E-state index in [0.29, 0.717) is 6.42 Å². The van der Waals surface area contributed by atoms with Crippen LogP contribution in [0.15, 0.2) is 28.7 Å². The van der Waals surface area contributed by atoms with Crippen LogP contribution < -0.4 is 5.32 Å². The number of hydrogen-bond donors (Lipinski definition) is 1. The third-order valence-corrected chi connectivity index (χ3v) is 6.06. The molecule has 20 heavy (non-hydrogen) atoms. The van der Waals surface area contributed by atoms with Crippen LogP contribution >= 0.6 is 27.7 Å².